The van der Waals surface area contributed by atoms with Crippen LogP contribution in [0.25, 0.3) is 0 Å². The molecule has 0 unspecified atom stereocenters. The third-order valence-electron chi connectivity index (χ3n) is 2.38. The molecule has 0 radical (unpaired) electrons. The molecule has 0 aliphatic carbocycles. The van der Waals surface area contributed by atoms with Crippen LogP contribution in [0.15, 0.2) is 0 Å². The van der Waals surface area contributed by atoms with Gasteiger partial charge in [-0.1, -0.05) is 0 Å². The van der Waals surface area contributed by atoms with Crippen molar-refractivity contribution in [3.63, 3.8) is 0 Å². The highest BCUT2D eigenvalue weighted by Gasteiger charge is 2.31. The topological polar surface area (TPSA) is 148 Å². The molecule has 0 aromatic rings. The second-order valence-corrected chi connectivity index (χ2v) is 6.20. The van der Waals surface area contributed by atoms with Gasteiger partial charge in [-0.15, -0.1) is 0 Å². The average molecular weight is 332 g/mol. The van der Waals surface area contributed by atoms with E-state index in [4.69, 9.17) is 35.0 Å². The van der Waals surface area contributed by atoms with Gasteiger partial charge in [0, 0.05) is 24.9 Å². The van der Waals surface area contributed by atoms with Crippen molar-refractivity contribution in [2.45, 2.75) is 71.9 Å². The predicted molar refractivity (Wildman–Crippen MR) is 85.0 cm³/mol. The highest BCUT2D eigenvalue weighted by atomic mass is 16.4. The summed E-state index contributed by atoms with van der Waals surface area (Å²) in [4.78, 5) is 27.0. The van der Waals surface area contributed by atoms with E-state index in [0.717, 1.165) is 19.9 Å². The van der Waals surface area contributed by atoms with E-state index in [9.17, 15) is 0 Å². The number of carboxylic acid groups (broad SMARTS) is 3. The summed E-state index contributed by atoms with van der Waals surface area (Å²) >= 11 is 0. The van der Waals surface area contributed by atoms with Crippen LogP contribution in [0.2, 0.25) is 0 Å². The Morgan fingerprint density at radius 2 is 1.13 bits per heavy atom. The minimum Gasteiger partial charge on any atom is -0.481 e. The number of hydrogen-bond acceptors (Lipinski definition) is 5. The van der Waals surface area contributed by atoms with E-state index in [1.54, 1.807) is 0 Å². The van der Waals surface area contributed by atoms with E-state index in [-0.39, 0.29) is 0 Å². The molecular weight excluding hydrogens is 304 g/mol. The van der Waals surface area contributed by atoms with E-state index < -0.39 is 17.9 Å². The molecule has 8 nitrogen and oxygen atoms in total. The molecule has 4 N–H and O–H groups in total. The highest BCUT2D eigenvalue weighted by Crippen LogP contribution is 2.27. The molecule has 23 heavy (non-hydrogen) atoms. The molecule has 0 spiro atoms. The first-order chi connectivity index (χ1) is 10.1. The monoisotopic (exact) mass is 332 g/mol. The van der Waals surface area contributed by atoms with Crippen LogP contribution in [0.1, 0.15) is 60.8 Å². The molecule has 1 rings (SSSR count). The fourth-order valence-electron chi connectivity index (χ4n) is 2.01. The quantitative estimate of drug-likeness (QED) is 0.389. The number of nitrogens with zero attached hydrogens (tertiary/aromatic N) is 1. The zero-order chi connectivity index (χ0) is 19.3. The second kappa shape index (κ2) is 12.4. The summed E-state index contributed by atoms with van der Waals surface area (Å²) in [6, 6.07) is 0.944. The largest absolute Gasteiger partial charge is 0.481 e. The summed E-state index contributed by atoms with van der Waals surface area (Å²) in [6.07, 6.45) is 4.00. The van der Waals surface area contributed by atoms with E-state index in [2.05, 4.69) is 33.0 Å². The lowest BCUT2D eigenvalue weighted by atomic mass is 9.83. The second-order valence-electron chi connectivity index (χ2n) is 6.20. The van der Waals surface area contributed by atoms with Crippen LogP contribution in [0.3, 0.4) is 0 Å². The number of rotatable bonds is 0. The van der Waals surface area contributed by atoms with Crippen molar-refractivity contribution in [1.29, 1.82) is 5.26 Å². The third kappa shape index (κ3) is 33.0. The Hall–Kier alpha value is -2.14. The molecule has 0 atom stereocenters. The molecule has 1 fully saturated rings. The van der Waals surface area contributed by atoms with Gasteiger partial charge in [0.1, 0.15) is 0 Å². The number of aliphatic carboxylic acids is 3. The molecule has 0 bridgehead atoms. The summed E-state index contributed by atoms with van der Waals surface area (Å²) in [5, 5.41) is 33.1. The highest BCUT2D eigenvalue weighted by molar-refractivity contribution is 5.83. The molecule has 1 saturated heterocycles. The summed E-state index contributed by atoms with van der Waals surface area (Å²) in [5.41, 5.74) is 0.726. The number of nitriles is 1. The van der Waals surface area contributed by atoms with Gasteiger partial charge in [-0.2, -0.15) is 5.26 Å². The number of nitrogens with one attached hydrogen (secondary N) is 1. The van der Waals surface area contributed by atoms with Gasteiger partial charge in [0.25, 0.3) is 11.9 Å². The van der Waals surface area contributed by atoms with Crippen molar-refractivity contribution < 1.29 is 29.7 Å². The van der Waals surface area contributed by atoms with Crippen LogP contribution >= 0.6 is 0 Å². The number of piperidine rings is 1. The maximum absolute atomic E-state index is 9.01. The van der Waals surface area contributed by atoms with Crippen LogP contribution in [0, 0.1) is 11.3 Å². The molecule has 0 saturated carbocycles. The molecular formula is C15H28N2O6. The van der Waals surface area contributed by atoms with Crippen LogP contribution in [-0.2, 0) is 14.4 Å². The van der Waals surface area contributed by atoms with Gasteiger partial charge in [-0.25, -0.2) is 4.79 Å². The lowest BCUT2D eigenvalue weighted by Crippen LogP contribution is -2.55. The fourth-order valence-corrected chi connectivity index (χ4v) is 2.01. The van der Waals surface area contributed by atoms with Crippen molar-refractivity contribution in [2.75, 3.05) is 0 Å². The van der Waals surface area contributed by atoms with Crippen molar-refractivity contribution >= 4 is 17.9 Å². The Morgan fingerprint density at radius 1 is 0.913 bits per heavy atom. The first kappa shape index (κ1) is 25.8. The number of carboxylic acids is 3. The molecule has 1 aliphatic heterocycles. The van der Waals surface area contributed by atoms with Crippen LogP contribution in [0.5, 0.6) is 0 Å². The Kier molecular flexibility index (Phi) is 13.9. The lowest BCUT2D eigenvalue weighted by Gasteiger charge is -2.42. The van der Waals surface area contributed by atoms with E-state index >= 15 is 0 Å². The minimum atomic E-state index is -1.44. The van der Waals surface area contributed by atoms with E-state index in [0.29, 0.717) is 11.1 Å². The zero-order valence-electron chi connectivity index (χ0n) is 14.6. The normalized spacial score (nSPS) is 16.4. The Bertz CT molecular complexity index is 390. The third-order valence-corrected chi connectivity index (χ3v) is 2.38. The fraction of sp³-hybridized carbons (Fsp3) is 0.733. The molecule has 0 aromatic carbocycles. The van der Waals surface area contributed by atoms with Crippen LogP contribution in [-0.4, -0.2) is 44.3 Å². The standard InChI is InChI=1S/C9H19N.C2HNO2.2C2H4O2/c1-8(2)6-5-7-9(3,4)10-8;3-1-2(4)5;2*1-2(3)4/h10H,5-7H2,1-4H3;(H,4,5);2*1H3,(H,3,4). The Balaban J connectivity index is -0.000000261. The summed E-state index contributed by atoms with van der Waals surface area (Å²) < 4.78 is 0. The van der Waals surface area contributed by atoms with Crippen molar-refractivity contribution in [2.24, 2.45) is 0 Å². The predicted octanol–water partition coefficient (Wildman–Crippen LogP) is 2.09. The molecule has 1 aliphatic rings. The van der Waals surface area contributed by atoms with Gasteiger partial charge in [0.2, 0.25) is 0 Å². The number of hydrogen-bond donors (Lipinski definition) is 4. The SMILES string of the molecule is CC(=O)O.CC(=O)O.CC1(C)CCCC(C)(C)N1.N#CC(=O)O. The van der Waals surface area contributed by atoms with Crippen molar-refractivity contribution in [3.05, 3.63) is 0 Å². The van der Waals surface area contributed by atoms with Crippen LogP contribution < -0.4 is 5.32 Å². The average Bonchev–Trinajstić information content (AvgIpc) is 2.24. The van der Waals surface area contributed by atoms with Crippen molar-refractivity contribution in [3.8, 4) is 6.07 Å². The van der Waals surface area contributed by atoms with Gasteiger partial charge in [-0.05, 0) is 47.0 Å². The molecule has 1 heterocycles. The summed E-state index contributed by atoms with van der Waals surface area (Å²) in [6.45, 7) is 11.3. The van der Waals surface area contributed by atoms with Gasteiger partial charge in [0.05, 0.1) is 0 Å². The van der Waals surface area contributed by atoms with Gasteiger partial charge in [0.15, 0.2) is 6.07 Å². The van der Waals surface area contributed by atoms with Crippen molar-refractivity contribution in [1.82, 2.24) is 5.32 Å². The smallest absolute Gasteiger partial charge is 0.408 e. The first-order valence-corrected chi connectivity index (χ1v) is 6.96. The lowest BCUT2D eigenvalue weighted by molar-refractivity contribution is -0.135. The number of carbonyl (C=O) groups is 3. The molecule has 134 valence electrons. The minimum absolute atomic E-state index is 0.363. The molecule has 0 aromatic heterocycles. The van der Waals surface area contributed by atoms with E-state index in [1.165, 1.54) is 19.3 Å². The summed E-state index contributed by atoms with van der Waals surface area (Å²) in [7, 11) is 0. The van der Waals surface area contributed by atoms with Gasteiger partial charge < -0.3 is 20.6 Å². The Labute approximate surface area is 137 Å². The van der Waals surface area contributed by atoms with Gasteiger partial charge in [-0.3, -0.25) is 9.59 Å². The zero-order valence-corrected chi connectivity index (χ0v) is 14.6. The summed E-state index contributed by atoms with van der Waals surface area (Å²) in [5.74, 6) is -3.11. The Morgan fingerprint density at radius 3 is 1.22 bits per heavy atom. The maximum Gasteiger partial charge on any atom is 0.408 e. The first-order valence-electron chi connectivity index (χ1n) is 6.96. The molecule has 0 amide bonds. The van der Waals surface area contributed by atoms with E-state index in [1.807, 2.05) is 0 Å². The molecule has 8 heteroatoms. The van der Waals surface area contributed by atoms with Crippen LogP contribution in [0.4, 0.5) is 0 Å². The maximum atomic E-state index is 9.01. The van der Waals surface area contributed by atoms with Gasteiger partial charge >= 0.3 is 5.97 Å².